The number of fused-ring (bicyclic) bond motifs is 1. The third kappa shape index (κ3) is 3.55. The normalized spacial score (nSPS) is 11.0. The van der Waals surface area contributed by atoms with Crippen molar-refractivity contribution in [2.24, 2.45) is 0 Å². The van der Waals surface area contributed by atoms with Gasteiger partial charge in [0.15, 0.2) is 0 Å². The molecule has 0 aliphatic rings. The molecule has 0 amide bonds. The molecule has 4 rings (SSSR count). The molecule has 1 N–H and O–H groups in total. The first-order chi connectivity index (χ1) is 13.1. The van der Waals surface area contributed by atoms with Crippen LogP contribution in [0.2, 0.25) is 0 Å². The molecule has 0 saturated heterocycles. The summed E-state index contributed by atoms with van der Waals surface area (Å²) in [6.45, 7) is 0.709. The van der Waals surface area contributed by atoms with Gasteiger partial charge >= 0.3 is 5.97 Å². The van der Waals surface area contributed by atoms with Crippen LogP contribution in [0.1, 0.15) is 15.9 Å². The number of nitrogens with zero attached hydrogens (tertiary/aromatic N) is 3. The fourth-order valence-corrected chi connectivity index (χ4v) is 3.07. The molecule has 0 bridgehead atoms. The molecular formula is C21H16FN3O2. The second-order valence-electron chi connectivity index (χ2n) is 6.25. The average molecular weight is 361 g/mol. The molecule has 27 heavy (non-hydrogen) atoms. The lowest BCUT2D eigenvalue weighted by Gasteiger charge is -2.07. The summed E-state index contributed by atoms with van der Waals surface area (Å²) in [7, 11) is 0. The molecule has 0 saturated carbocycles. The molecule has 1 aromatic carbocycles. The van der Waals surface area contributed by atoms with Crippen molar-refractivity contribution >= 4 is 16.9 Å². The Bertz CT molecular complexity index is 1140. The van der Waals surface area contributed by atoms with Crippen molar-refractivity contribution in [3.63, 3.8) is 0 Å². The number of carboxylic acid groups (broad SMARTS) is 1. The van der Waals surface area contributed by atoms with E-state index in [-0.39, 0.29) is 11.4 Å². The van der Waals surface area contributed by atoms with Gasteiger partial charge in [-0.25, -0.2) is 9.18 Å². The van der Waals surface area contributed by atoms with E-state index in [9.17, 15) is 9.18 Å². The number of carbonyl (C=O) groups is 1. The van der Waals surface area contributed by atoms with Gasteiger partial charge in [0.05, 0.1) is 28.7 Å². The Kier molecular flexibility index (Phi) is 4.38. The fraction of sp³-hybridized carbons (Fsp3) is 0.0952. The van der Waals surface area contributed by atoms with E-state index in [2.05, 4.69) is 14.5 Å². The monoisotopic (exact) mass is 361 g/mol. The van der Waals surface area contributed by atoms with Crippen LogP contribution < -0.4 is 0 Å². The maximum Gasteiger partial charge on any atom is 0.335 e. The molecule has 3 heterocycles. The predicted octanol–water partition coefficient (Wildman–Crippen LogP) is 4.18. The van der Waals surface area contributed by atoms with Crippen molar-refractivity contribution in [3.8, 4) is 11.4 Å². The Balaban J connectivity index is 1.60. The molecule has 0 radical (unpaired) electrons. The number of rotatable bonds is 5. The van der Waals surface area contributed by atoms with Gasteiger partial charge in [-0.2, -0.15) is 0 Å². The second kappa shape index (κ2) is 6.99. The van der Waals surface area contributed by atoms with E-state index in [0.717, 1.165) is 16.5 Å². The molecule has 4 aromatic rings. The number of benzene rings is 1. The molecule has 0 unspecified atom stereocenters. The lowest BCUT2D eigenvalue weighted by Crippen LogP contribution is -2.01. The summed E-state index contributed by atoms with van der Waals surface area (Å²) in [5.74, 6) is -1.23. The van der Waals surface area contributed by atoms with Gasteiger partial charge in [-0.15, -0.1) is 0 Å². The SMILES string of the molecule is O=C(O)c1ccnc(-c2cc3ccn(CCc4cccc(F)c4)c3cn2)c1. The molecule has 0 aliphatic heterocycles. The van der Waals surface area contributed by atoms with Gasteiger partial charge in [0.25, 0.3) is 0 Å². The van der Waals surface area contributed by atoms with Crippen LogP contribution >= 0.6 is 0 Å². The number of pyridine rings is 2. The smallest absolute Gasteiger partial charge is 0.335 e. The van der Waals surface area contributed by atoms with Crippen molar-refractivity contribution in [2.45, 2.75) is 13.0 Å². The van der Waals surface area contributed by atoms with Crippen LogP contribution in [0, 0.1) is 5.82 Å². The highest BCUT2D eigenvalue weighted by Gasteiger charge is 2.09. The third-order valence-electron chi connectivity index (χ3n) is 4.46. The Morgan fingerprint density at radius 2 is 1.93 bits per heavy atom. The summed E-state index contributed by atoms with van der Waals surface area (Å²) in [6, 6.07) is 13.4. The molecule has 0 fully saturated rings. The Labute approximate surface area is 154 Å². The number of hydrogen-bond donors (Lipinski definition) is 1. The van der Waals surface area contributed by atoms with Gasteiger partial charge in [0.2, 0.25) is 0 Å². The van der Waals surface area contributed by atoms with Crippen LogP contribution in [0.5, 0.6) is 0 Å². The van der Waals surface area contributed by atoms with Crippen molar-refractivity contribution < 1.29 is 14.3 Å². The summed E-state index contributed by atoms with van der Waals surface area (Å²) < 4.78 is 15.4. The zero-order valence-electron chi connectivity index (χ0n) is 14.3. The summed E-state index contributed by atoms with van der Waals surface area (Å²) in [4.78, 5) is 19.8. The molecule has 0 spiro atoms. The highest BCUT2D eigenvalue weighted by Crippen LogP contribution is 2.22. The minimum atomic E-state index is -0.997. The van der Waals surface area contributed by atoms with Crippen molar-refractivity contribution in [3.05, 3.63) is 84.1 Å². The van der Waals surface area contributed by atoms with E-state index >= 15 is 0 Å². The number of aromatic carboxylic acids is 1. The van der Waals surface area contributed by atoms with Gasteiger partial charge in [0, 0.05) is 24.3 Å². The van der Waals surface area contributed by atoms with Crippen molar-refractivity contribution in [1.82, 2.24) is 14.5 Å². The minimum Gasteiger partial charge on any atom is -0.478 e. The molecule has 134 valence electrons. The summed E-state index contributed by atoms with van der Waals surface area (Å²) in [5.41, 5.74) is 3.22. The predicted molar refractivity (Wildman–Crippen MR) is 100 cm³/mol. The highest BCUT2D eigenvalue weighted by molar-refractivity contribution is 5.89. The van der Waals surface area contributed by atoms with Crippen LogP contribution in [0.4, 0.5) is 4.39 Å². The van der Waals surface area contributed by atoms with E-state index in [1.165, 1.54) is 24.4 Å². The molecule has 5 nitrogen and oxygen atoms in total. The molecule has 6 heteroatoms. The average Bonchev–Trinajstić information content (AvgIpc) is 3.09. The topological polar surface area (TPSA) is 68.0 Å². The maximum absolute atomic E-state index is 13.3. The van der Waals surface area contributed by atoms with Gasteiger partial charge in [-0.05, 0) is 48.4 Å². The highest BCUT2D eigenvalue weighted by atomic mass is 19.1. The lowest BCUT2D eigenvalue weighted by atomic mass is 10.1. The maximum atomic E-state index is 13.3. The first kappa shape index (κ1) is 16.9. The zero-order valence-corrected chi connectivity index (χ0v) is 14.3. The standard InChI is InChI=1S/C21H16FN3O2/c22-17-3-1-2-14(10-17)5-8-25-9-6-15-11-19(24-13-20(15)25)18-12-16(21(26)27)4-7-23-18/h1-4,6-7,9-13H,5,8H2,(H,26,27). The quantitative estimate of drug-likeness (QED) is 0.579. The van der Waals surface area contributed by atoms with E-state index in [4.69, 9.17) is 5.11 Å². The molecule has 0 atom stereocenters. The first-order valence-corrected chi connectivity index (χ1v) is 8.49. The Morgan fingerprint density at radius 1 is 1.07 bits per heavy atom. The van der Waals surface area contributed by atoms with E-state index in [1.807, 2.05) is 24.4 Å². The van der Waals surface area contributed by atoms with Crippen molar-refractivity contribution in [1.29, 1.82) is 0 Å². The van der Waals surface area contributed by atoms with E-state index in [1.54, 1.807) is 18.3 Å². The Hall–Kier alpha value is -3.54. The number of aryl methyl sites for hydroxylation is 2. The molecule has 3 aromatic heterocycles. The largest absolute Gasteiger partial charge is 0.478 e. The van der Waals surface area contributed by atoms with Gasteiger partial charge in [-0.3, -0.25) is 9.97 Å². The third-order valence-corrected chi connectivity index (χ3v) is 4.46. The lowest BCUT2D eigenvalue weighted by molar-refractivity contribution is 0.0697. The van der Waals surface area contributed by atoms with Gasteiger partial charge in [0.1, 0.15) is 5.82 Å². The second-order valence-corrected chi connectivity index (χ2v) is 6.25. The van der Waals surface area contributed by atoms with Crippen LogP contribution in [0.15, 0.2) is 67.1 Å². The first-order valence-electron chi connectivity index (χ1n) is 8.49. The van der Waals surface area contributed by atoms with Crippen LogP contribution in [0.25, 0.3) is 22.3 Å². The van der Waals surface area contributed by atoms with Gasteiger partial charge < -0.3 is 9.67 Å². The summed E-state index contributed by atoms with van der Waals surface area (Å²) in [5, 5.41) is 10.1. The fourth-order valence-electron chi connectivity index (χ4n) is 3.07. The molecular weight excluding hydrogens is 345 g/mol. The minimum absolute atomic E-state index is 0.176. The zero-order chi connectivity index (χ0) is 18.8. The molecule has 0 aliphatic carbocycles. The van der Waals surface area contributed by atoms with Crippen LogP contribution in [0.3, 0.4) is 0 Å². The van der Waals surface area contributed by atoms with E-state index < -0.39 is 5.97 Å². The number of carboxylic acids is 1. The van der Waals surface area contributed by atoms with E-state index in [0.29, 0.717) is 24.4 Å². The Morgan fingerprint density at radius 3 is 2.74 bits per heavy atom. The number of halogens is 1. The number of hydrogen-bond acceptors (Lipinski definition) is 3. The van der Waals surface area contributed by atoms with Crippen LogP contribution in [-0.2, 0) is 13.0 Å². The van der Waals surface area contributed by atoms with Gasteiger partial charge in [-0.1, -0.05) is 12.1 Å². The van der Waals surface area contributed by atoms with Crippen LogP contribution in [-0.4, -0.2) is 25.6 Å². The summed E-state index contributed by atoms with van der Waals surface area (Å²) in [6.07, 6.45) is 5.90. The number of aromatic nitrogens is 3. The van der Waals surface area contributed by atoms with Crippen molar-refractivity contribution in [2.75, 3.05) is 0 Å². The summed E-state index contributed by atoms with van der Waals surface area (Å²) >= 11 is 0.